The van der Waals surface area contributed by atoms with Gasteiger partial charge < -0.3 is 25.0 Å². The van der Waals surface area contributed by atoms with E-state index >= 15 is 0 Å². The van der Waals surface area contributed by atoms with Gasteiger partial charge in [-0.25, -0.2) is 0 Å². The van der Waals surface area contributed by atoms with Gasteiger partial charge in [-0.1, -0.05) is 12.1 Å². The van der Waals surface area contributed by atoms with Crippen molar-refractivity contribution in [2.24, 2.45) is 0 Å². The van der Waals surface area contributed by atoms with Crippen LogP contribution >= 0.6 is 0 Å². The number of hydrogen-bond acceptors (Lipinski definition) is 5. The maximum Gasteiger partial charge on any atom is 0.253 e. The van der Waals surface area contributed by atoms with Gasteiger partial charge in [-0.05, 0) is 42.3 Å². The van der Waals surface area contributed by atoms with Gasteiger partial charge in [-0.2, -0.15) is 0 Å². The van der Waals surface area contributed by atoms with E-state index in [9.17, 15) is 9.59 Å². The van der Waals surface area contributed by atoms with Crippen LogP contribution in [0.4, 0.5) is 11.4 Å². The molecular formula is C22H29N3O4. The highest BCUT2D eigenvalue weighted by atomic mass is 16.5. The standard InChI is InChI=1S/C22H29N3O4/c1-25(2)20-11-8-17(15-19(20)22(27)23-12-5-13-28-3)24-21(26)14-16-6-9-18(29-4)10-7-16/h6-11,15H,5,12-14H2,1-4H3,(H,23,27)(H,24,26). The Hall–Kier alpha value is -3.06. The molecule has 0 atom stereocenters. The van der Waals surface area contributed by atoms with Crippen LogP contribution in [-0.4, -0.2) is 53.3 Å². The molecule has 0 unspecified atom stereocenters. The summed E-state index contributed by atoms with van der Waals surface area (Å²) in [5.41, 5.74) is 2.75. The van der Waals surface area contributed by atoms with Gasteiger partial charge in [0.15, 0.2) is 0 Å². The molecule has 2 aromatic rings. The van der Waals surface area contributed by atoms with Crippen LogP contribution in [-0.2, 0) is 16.0 Å². The number of nitrogens with one attached hydrogen (secondary N) is 2. The summed E-state index contributed by atoms with van der Waals surface area (Å²) in [6, 6.07) is 12.7. The van der Waals surface area contributed by atoms with E-state index in [0.717, 1.165) is 23.4 Å². The summed E-state index contributed by atoms with van der Waals surface area (Å²) in [4.78, 5) is 26.9. The minimum Gasteiger partial charge on any atom is -0.497 e. The maximum absolute atomic E-state index is 12.6. The second-order valence-corrected chi connectivity index (χ2v) is 6.80. The maximum atomic E-state index is 12.6. The number of anilines is 2. The first kappa shape index (κ1) is 22.2. The molecule has 29 heavy (non-hydrogen) atoms. The number of hydrogen-bond donors (Lipinski definition) is 2. The molecule has 2 amide bonds. The molecule has 156 valence electrons. The Labute approximate surface area is 172 Å². The van der Waals surface area contributed by atoms with E-state index in [1.807, 2.05) is 49.3 Å². The fourth-order valence-corrected chi connectivity index (χ4v) is 2.83. The van der Waals surface area contributed by atoms with Gasteiger partial charge in [-0.3, -0.25) is 9.59 Å². The second kappa shape index (κ2) is 11.1. The predicted octanol–water partition coefficient (Wildman–Crippen LogP) is 2.71. The normalized spacial score (nSPS) is 10.3. The Kier molecular flexibility index (Phi) is 8.48. The average molecular weight is 399 g/mol. The highest BCUT2D eigenvalue weighted by molar-refractivity contribution is 6.02. The molecular weight excluding hydrogens is 370 g/mol. The van der Waals surface area contributed by atoms with Crippen LogP contribution < -0.4 is 20.3 Å². The summed E-state index contributed by atoms with van der Waals surface area (Å²) in [5, 5.41) is 5.76. The van der Waals surface area contributed by atoms with Crippen LogP contribution in [0.25, 0.3) is 0 Å². The molecule has 0 saturated heterocycles. The second-order valence-electron chi connectivity index (χ2n) is 6.80. The molecule has 0 saturated carbocycles. The van der Waals surface area contributed by atoms with Crippen molar-refractivity contribution in [3.8, 4) is 5.75 Å². The van der Waals surface area contributed by atoms with Gasteiger partial charge in [0, 0.05) is 45.7 Å². The van der Waals surface area contributed by atoms with E-state index in [0.29, 0.717) is 24.4 Å². The molecule has 0 fully saturated rings. The van der Waals surface area contributed by atoms with Crippen molar-refractivity contribution >= 4 is 23.2 Å². The summed E-state index contributed by atoms with van der Waals surface area (Å²) >= 11 is 0. The Morgan fingerprint density at radius 1 is 1.03 bits per heavy atom. The molecule has 0 heterocycles. The summed E-state index contributed by atoms with van der Waals surface area (Å²) in [6.45, 7) is 1.11. The number of carbonyl (C=O) groups excluding carboxylic acids is 2. The van der Waals surface area contributed by atoms with Crippen LogP contribution in [0.5, 0.6) is 5.75 Å². The minimum atomic E-state index is -0.184. The molecule has 7 nitrogen and oxygen atoms in total. The molecule has 0 radical (unpaired) electrons. The largest absolute Gasteiger partial charge is 0.497 e. The first-order chi connectivity index (χ1) is 13.9. The van der Waals surface area contributed by atoms with Crippen LogP contribution in [0.3, 0.4) is 0 Å². The van der Waals surface area contributed by atoms with Crippen molar-refractivity contribution in [2.45, 2.75) is 12.8 Å². The van der Waals surface area contributed by atoms with Crippen molar-refractivity contribution in [3.05, 3.63) is 53.6 Å². The number of ether oxygens (including phenoxy) is 2. The zero-order valence-electron chi connectivity index (χ0n) is 17.5. The van der Waals surface area contributed by atoms with E-state index < -0.39 is 0 Å². The lowest BCUT2D eigenvalue weighted by molar-refractivity contribution is -0.115. The van der Waals surface area contributed by atoms with Crippen molar-refractivity contribution in [1.29, 1.82) is 0 Å². The molecule has 2 aromatic carbocycles. The SMILES string of the molecule is COCCCNC(=O)c1cc(NC(=O)Cc2ccc(OC)cc2)ccc1N(C)C. The van der Waals surface area contributed by atoms with Crippen LogP contribution in [0, 0.1) is 0 Å². The molecule has 2 rings (SSSR count). The van der Waals surface area contributed by atoms with Gasteiger partial charge in [0.1, 0.15) is 5.75 Å². The third-order valence-corrected chi connectivity index (χ3v) is 4.34. The first-order valence-electron chi connectivity index (χ1n) is 9.46. The van der Waals surface area contributed by atoms with Gasteiger partial charge in [0.25, 0.3) is 5.91 Å². The average Bonchev–Trinajstić information content (AvgIpc) is 2.71. The van der Waals surface area contributed by atoms with Crippen LogP contribution in [0.1, 0.15) is 22.3 Å². The van der Waals surface area contributed by atoms with E-state index in [-0.39, 0.29) is 18.2 Å². The third-order valence-electron chi connectivity index (χ3n) is 4.34. The van der Waals surface area contributed by atoms with Crippen LogP contribution in [0.2, 0.25) is 0 Å². The molecule has 0 bridgehead atoms. The highest BCUT2D eigenvalue weighted by Gasteiger charge is 2.15. The summed E-state index contributed by atoms with van der Waals surface area (Å²) < 4.78 is 10.1. The molecule has 0 aromatic heterocycles. The predicted molar refractivity (Wildman–Crippen MR) is 115 cm³/mol. The van der Waals surface area contributed by atoms with Crippen molar-refractivity contribution in [1.82, 2.24) is 5.32 Å². The lowest BCUT2D eigenvalue weighted by Crippen LogP contribution is -2.27. The molecule has 0 spiro atoms. The van der Waals surface area contributed by atoms with Gasteiger partial charge in [-0.15, -0.1) is 0 Å². The summed E-state index contributed by atoms with van der Waals surface area (Å²) in [5.74, 6) is 0.407. The molecule has 2 N–H and O–H groups in total. The summed E-state index contributed by atoms with van der Waals surface area (Å²) in [7, 11) is 6.98. The smallest absolute Gasteiger partial charge is 0.253 e. The van der Waals surface area contributed by atoms with E-state index in [1.54, 1.807) is 26.4 Å². The number of amides is 2. The topological polar surface area (TPSA) is 79.9 Å². The lowest BCUT2D eigenvalue weighted by Gasteiger charge is -2.18. The number of methoxy groups -OCH3 is 2. The van der Waals surface area contributed by atoms with Gasteiger partial charge in [0.05, 0.1) is 19.1 Å². The lowest BCUT2D eigenvalue weighted by atomic mass is 10.1. The highest BCUT2D eigenvalue weighted by Crippen LogP contribution is 2.23. The number of carbonyl (C=O) groups is 2. The third kappa shape index (κ3) is 6.80. The van der Waals surface area contributed by atoms with E-state index in [2.05, 4.69) is 10.6 Å². The van der Waals surface area contributed by atoms with E-state index in [4.69, 9.17) is 9.47 Å². The minimum absolute atomic E-state index is 0.153. The zero-order chi connectivity index (χ0) is 21.2. The van der Waals surface area contributed by atoms with Crippen molar-refractivity contribution < 1.29 is 19.1 Å². The Morgan fingerprint density at radius 3 is 2.38 bits per heavy atom. The number of rotatable bonds is 10. The molecule has 7 heteroatoms. The Morgan fingerprint density at radius 2 is 1.76 bits per heavy atom. The van der Waals surface area contributed by atoms with Crippen molar-refractivity contribution in [2.75, 3.05) is 51.7 Å². The fraction of sp³-hybridized carbons (Fsp3) is 0.364. The molecule has 0 aliphatic rings. The Balaban J connectivity index is 2.07. The van der Waals surface area contributed by atoms with Gasteiger partial charge in [0.2, 0.25) is 5.91 Å². The number of benzene rings is 2. The van der Waals surface area contributed by atoms with Gasteiger partial charge >= 0.3 is 0 Å². The zero-order valence-corrected chi connectivity index (χ0v) is 17.5. The fourth-order valence-electron chi connectivity index (χ4n) is 2.83. The van der Waals surface area contributed by atoms with E-state index in [1.165, 1.54) is 0 Å². The Bertz CT molecular complexity index is 819. The van der Waals surface area contributed by atoms with Crippen molar-refractivity contribution in [3.63, 3.8) is 0 Å². The first-order valence-corrected chi connectivity index (χ1v) is 9.46. The van der Waals surface area contributed by atoms with Crippen LogP contribution in [0.15, 0.2) is 42.5 Å². The number of nitrogens with zero attached hydrogens (tertiary/aromatic N) is 1. The quantitative estimate of drug-likeness (QED) is 0.601. The summed E-state index contributed by atoms with van der Waals surface area (Å²) in [6.07, 6.45) is 0.968. The monoisotopic (exact) mass is 399 g/mol. The molecule has 0 aliphatic carbocycles. The molecule has 0 aliphatic heterocycles.